The molecule has 13 heavy (non-hydrogen) atoms. The highest BCUT2D eigenvalue weighted by molar-refractivity contribution is 5.29. The van der Waals surface area contributed by atoms with E-state index in [1.54, 1.807) is 6.92 Å². The van der Waals surface area contributed by atoms with Gasteiger partial charge < -0.3 is 0 Å². The quantitative estimate of drug-likeness (QED) is 0.507. The number of hydrogen-bond donors (Lipinski definition) is 0. The number of pyridine rings is 1. The van der Waals surface area contributed by atoms with E-state index in [4.69, 9.17) is 5.26 Å². The van der Waals surface area contributed by atoms with Gasteiger partial charge in [0, 0.05) is 6.07 Å². The molecule has 0 fully saturated rings. The van der Waals surface area contributed by atoms with E-state index in [0.29, 0.717) is 5.69 Å². The Kier molecular flexibility index (Phi) is 2.55. The van der Waals surface area contributed by atoms with Crippen LogP contribution in [0.5, 0.6) is 0 Å². The van der Waals surface area contributed by atoms with Crippen LogP contribution in [0, 0.1) is 21.4 Å². The molecule has 1 unspecified atom stereocenters. The number of nitro groups is 1. The first-order valence-electron chi connectivity index (χ1n) is 3.65. The van der Waals surface area contributed by atoms with E-state index in [1.165, 1.54) is 12.1 Å². The third-order valence-corrected chi connectivity index (χ3v) is 1.62. The van der Waals surface area contributed by atoms with Crippen LogP contribution in [0.4, 0.5) is 5.69 Å². The summed E-state index contributed by atoms with van der Waals surface area (Å²) in [6, 6.07) is 4.83. The summed E-state index contributed by atoms with van der Waals surface area (Å²) in [6.45, 7) is 1.69. The Bertz CT molecular complexity index is 353. The summed E-state index contributed by atoms with van der Waals surface area (Å²) in [7, 11) is 0. The SMILES string of the molecule is CC(C#N)c1ccc([N+](=O)[O-])cn1. The fraction of sp³-hybridized carbons (Fsp3) is 0.250. The van der Waals surface area contributed by atoms with Gasteiger partial charge in [0.05, 0.1) is 22.6 Å². The summed E-state index contributed by atoms with van der Waals surface area (Å²) in [5.41, 5.74) is 0.488. The molecule has 1 heterocycles. The van der Waals surface area contributed by atoms with Crippen molar-refractivity contribution in [2.75, 3.05) is 0 Å². The minimum Gasteiger partial charge on any atom is -0.258 e. The minimum absolute atomic E-state index is 0.0612. The topological polar surface area (TPSA) is 79.8 Å². The standard InChI is InChI=1S/C8H7N3O2/c1-6(4-9)8-3-2-7(5-10-8)11(12)13/h2-3,5-6H,1H3. The van der Waals surface area contributed by atoms with Crippen molar-refractivity contribution in [3.05, 3.63) is 34.1 Å². The van der Waals surface area contributed by atoms with E-state index in [9.17, 15) is 10.1 Å². The van der Waals surface area contributed by atoms with Gasteiger partial charge in [0.2, 0.25) is 0 Å². The van der Waals surface area contributed by atoms with Crippen LogP contribution >= 0.6 is 0 Å². The second kappa shape index (κ2) is 3.63. The van der Waals surface area contributed by atoms with Gasteiger partial charge in [-0.2, -0.15) is 5.26 Å². The molecule has 1 aromatic heterocycles. The molecule has 66 valence electrons. The van der Waals surface area contributed by atoms with Crippen molar-refractivity contribution in [1.82, 2.24) is 4.98 Å². The number of rotatable bonds is 2. The summed E-state index contributed by atoms with van der Waals surface area (Å²) >= 11 is 0. The van der Waals surface area contributed by atoms with E-state index in [-0.39, 0.29) is 11.6 Å². The van der Waals surface area contributed by atoms with Crippen LogP contribution in [0.2, 0.25) is 0 Å². The highest BCUT2D eigenvalue weighted by Gasteiger charge is 2.08. The van der Waals surface area contributed by atoms with Crippen LogP contribution in [0.1, 0.15) is 18.5 Å². The van der Waals surface area contributed by atoms with Gasteiger partial charge >= 0.3 is 0 Å². The summed E-state index contributed by atoms with van der Waals surface area (Å²) in [4.78, 5) is 13.5. The Balaban J connectivity index is 2.95. The summed E-state index contributed by atoms with van der Waals surface area (Å²) in [5.74, 6) is -0.333. The second-order valence-corrected chi connectivity index (χ2v) is 2.55. The first-order chi connectivity index (χ1) is 6.15. The predicted molar refractivity (Wildman–Crippen MR) is 44.9 cm³/mol. The third-order valence-electron chi connectivity index (χ3n) is 1.62. The lowest BCUT2D eigenvalue weighted by atomic mass is 10.1. The fourth-order valence-corrected chi connectivity index (χ4v) is 0.828. The number of nitrogens with zero attached hydrogens (tertiary/aromatic N) is 3. The lowest BCUT2D eigenvalue weighted by Gasteiger charge is -1.99. The van der Waals surface area contributed by atoms with Gasteiger partial charge in [0.25, 0.3) is 5.69 Å². The Hall–Kier alpha value is -1.96. The average molecular weight is 177 g/mol. The normalized spacial score (nSPS) is 11.7. The molecule has 0 spiro atoms. The summed E-state index contributed by atoms with van der Waals surface area (Å²) < 4.78 is 0. The van der Waals surface area contributed by atoms with Crippen LogP contribution in [0.15, 0.2) is 18.3 Å². The van der Waals surface area contributed by atoms with Crippen molar-refractivity contribution in [1.29, 1.82) is 5.26 Å². The van der Waals surface area contributed by atoms with Crippen molar-refractivity contribution >= 4 is 5.69 Å². The Morgan fingerprint density at radius 1 is 1.69 bits per heavy atom. The van der Waals surface area contributed by atoms with Crippen molar-refractivity contribution in [3.63, 3.8) is 0 Å². The lowest BCUT2D eigenvalue weighted by Crippen LogP contribution is -1.95. The van der Waals surface area contributed by atoms with E-state index in [1.807, 2.05) is 6.07 Å². The maximum Gasteiger partial charge on any atom is 0.287 e. The van der Waals surface area contributed by atoms with Crippen molar-refractivity contribution in [3.8, 4) is 6.07 Å². The van der Waals surface area contributed by atoms with Crippen LogP contribution < -0.4 is 0 Å². The number of aromatic nitrogens is 1. The third kappa shape index (κ3) is 1.99. The van der Waals surface area contributed by atoms with Gasteiger partial charge in [-0.05, 0) is 13.0 Å². The van der Waals surface area contributed by atoms with Gasteiger partial charge in [-0.3, -0.25) is 15.1 Å². The molecule has 1 rings (SSSR count). The molecule has 0 saturated heterocycles. The molecule has 1 aromatic rings. The average Bonchev–Trinajstić information content (AvgIpc) is 2.17. The lowest BCUT2D eigenvalue weighted by molar-refractivity contribution is -0.385. The predicted octanol–water partition coefficient (Wildman–Crippen LogP) is 1.62. The van der Waals surface area contributed by atoms with Gasteiger partial charge in [-0.15, -0.1) is 0 Å². The zero-order valence-corrected chi connectivity index (χ0v) is 6.97. The molecular weight excluding hydrogens is 170 g/mol. The first-order valence-corrected chi connectivity index (χ1v) is 3.65. The monoisotopic (exact) mass is 177 g/mol. The molecular formula is C8H7N3O2. The molecule has 0 bridgehead atoms. The Morgan fingerprint density at radius 3 is 2.77 bits per heavy atom. The van der Waals surface area contributed by atoms with Crippen LogP contribution in [0.25, 0.3) is 0 Å². The van der Waals surface area contributed by atoms with E-state index >= 15 is 0 Å². The molecule has 0 saturated carbocycles. The zero-order chi connectivity index (χ0) is 9.84. The highest BCUT2D eigenvalue weighted by Crippen LogP contribution is 2.14. The molecule has 0 aromatic carbocycles. The molecule has 0 aliphatic rings. The molecule has 1 atom stereocenters. The molecule has 5 nitrogen and oxygen atoms in total. The molecule has 0 aliphatic heterocycles. The molecule has 0 radical (unpaired) electrons. The smallest absolute Gasteiger partial charge is 0.258 e. The number of nitriles is 1. The summed E-state index contributed by atoms with van der Waals surface area (Å²) in [6.07, 6.45) is 1.16. The molecule has 0 aliphatic carbocycles. The molecule has 0 N–H and O–H groups in total. The second-order valence-electron chi connectivity index (χ2n) is 2.55. The zero-order valence-electron chi connectivity index (χ0n) is 6.97. The van der Waals surface area contributed by atoms with Crippen LogP contribution in [-0.2, 0) is 0 Å². The van der Waals surface area contributed by atoms with Crippen LogP contribution in [0.3, 0.4) is 0 Å². The van der Waals surface area contributed by atoms with Crippen molar-refractivity contribution in [2.24, 2.45) is 0 Å². The van der Waals surface area contributed by atoms with Crippen molar-refractivity contribution in [2.45, 2.75) is 12.8 Å². The molecule has 0 amide bonds. The Labute approximate surface area is 74.8 Å². The van der Waals surface area contributed by atoms with Gasteiger partial charge in [0.1, 0.15) is 6.20 Å². The summed E-state index contributed by atoms with van der Waals surface area (Å²) in [5, 5.41) is 18.8. The van der Waals surface area contributed by atoms with E-state index < -0.39 is 4.92 Å². The van der Waals surface area contributed by atoms with Crippen molar-refractivity contribution < 1.29 is 4.92 Å². The van der Waals surface area contributed by atoms with Crippen LogP contribution in [-0.4, -0.2) is 9.91 Å². The van der Waals surface area contributed by atoms with Gasteiger partial charge in [0.15, 0.2) is 0 Å². The maximum absolute atomic E-state index is 10.3. The largest absolute Gasteiger partial charge is 0.287 e. The maximum atomic E-state index is 10.3. The fourth-order valence-electron chi connectivity index (χ4n) is 0.828. The van der Waals surface area contributed by atoms with E-state index in [0.717, 1.165) is 6.20 Å². The van der Waals surface area contributed by atoms with E-state index in [2.05, 4.69) is 4.98 Å². The first kappa shape index (κ1) is 9.13. The molecule has 5 heteroatoms. The van der Waals surface area contributed by atoms with Gasteiger partial charge in [-0.1, -0.05) is 0 Å². The van der Waals surface area contributed by atoms with Gasteiger partial charge in [-0.25, -0.2) is 0 Å². The minimum atomic E-state index is -0.520. The highest BCUT2D eigenvalue weighted by atomic mass is 16.6. The Morgan fingerprint density at radius 2 is 2.38 bits per heavy atom. The number of hydrogen-bond acceptors (Lipinski definition) is 4.